The van der Waals surface area contributed by atoms with Gasteiger partial charge in [-0.25, -0.2) is 9.59 Å². The number of cyclic esters (lactones) is 1. The van der Waals surface area contributed by atoms with Crippen molar-refractivity contribution in [2.45, 2.75) is 38.7 Å². The fraction of sp³-hybridized carbons (Fsp3) is 0.500. The summed E-state index contributed by atoms with van der Waals surface area (Å²) in [5, 5.41) is 2.20. The van der Waals surface area contributed by atoms with Crippen LogP contribution in [0.2, 0.25) is 0 Å². The predicted molar refractivity (Wildman–Crippen MR) is 101 cm³/mol. The van der Waals surface area contributed by atoms with Crippen molar-refractivity contribution in [2.24, 2.45) is 5.92 Å². The van der Waals surface area contributed by atoms with Gasteiger partial charge in [-0.3, -0.25) is 19.8 Å². The molecule has 0 radical (unpaired) electrons. The number of methoxy groups -OCH3 is 2. The number of urea groups is 1. The summed E-state index contributed by atoms with van der Waals surface area (Å²) in [6.45, 7) is 2.26. The average Bonchev–Trinajstić information content (AvgIpc) is 3.02. The third kappa shape index (κ3) is 3.64. The van der Waals surface area contributed by atoms with Gasteiger partial charge in [0.1, 0.15) is 11.7 Å². The van der Waals surface area contributed by atoms with E-state index in [-0.39, 0.29) is 17.9 Å². The van der Waals surface area contributed by atoms with Crippen molar-refractivity contribution in [3.05, 3.63) is 23.3 Å². The summed E-state index contributed by atoms with van der Waals surface area (Å²) in [6, 6.07) is 2.39. The van der Waals surface area contributed by atoms with Gasteiger partial charge >= 0.3 is 12.0 Å². The van der Waals surface area contributed by atoms with Crippen molar-refractivity contribution in [1.29, 1.82) is 0 Å². The standard InChI is InChI=1S/C20H24N2O7/c1-4-5-6-7-10-22-18(24)14(17(23)21-20(22)26)15-11-8-9-12(27-2)16(28-3)13(11)19(25)29-15/h8-9,14-15H,4-7,10H2,1-3H3,(H,21,23,26)/t14-,15-/m0/s1. The van der Waals surface area contributed by atoms with Crippen molar-refractivity contribution in [3.8, 4) is 11.5 Å². The Morgan fingerprint density at radius 1 is 1.07 bits per heavy atom. The van der Waals surface area contributed by atoms with E-state index in [0.29, 0.717) is 17.7 Å². The molecule has 9 heteroatoms. The van der Waals surface area contributed by atoms with E-state index in [1.165, 1.54) is 14.2 Å². The Labute approximate surface area is 168 Å². The first-order valence-electron chi connectivity index (χ1n) is 9.56. The lowest BCUT2D eigenvalue weighted by molar-refractivity contribution is -0.147. The summed E-state index contributed by atoms with van der Waals surface area (Å²) in [7, 11) is 2.82. The van der Waals surface area contributed by atoms with E-state index in [0.717, 1.165) is 24.2 Å². The van der Waals surface area contributed by atoms with Gasteiger partial charge in [0.2, 0.25) is 11.8 Å². The maximum Gasteiger partial charge on any atom is 0.343 e. The fourth-order valence-electron chi connectivity index (χ4n) is 3.68. The summed E-state index contributed by atoms with van der Waals surface area (Å²) in [5.74, 6) is -3.01. The van der Waals surface area contributed by atoms with Gasteiger partial charge in [-0.05, 0) is 12.5 Å². The van der Waals surface area contributed by atoms with E-state index in [4.69, 9.17) is 14.2 Å². The first-order chi connectivity index (χ1) is 13.9. The maximum absolute atomic E-state index is 13.0. The lowest BCUT2D eigenvalue weighted by Crippen LogP contribution is -2.59. The Kier molecular flexibility index (Phi) is 6.05. The molecule has 2 aliphatic heterocycles. The number of unbranched alkanes of at least 4 members (excludes halogenated alkanes) is 3. The first kappa shape index (κ1) is 20.6. The summed E-state index contributed by atoms with van der Waals surface area (Å²) in [5.41, 5.74) is 0.463. The summed E-state index contributed by atoms with van der Waals surface area (Å²) in [4.78, 5) is 51.2. The van der Waals surface area contributed by atoms with Gasteiger partial charge in [0, 0.05) is 12.1 Å². The molecular weight excluding hydrogens is 380 g/mol. The second kappa shape index (κ2) is 8.50. The van der Waals surface area contributed by atoms with Gasteiger partial charge in [-0.2, -0.15) is 0 Å². The van der Waals surface area contributed by atoms with Crippen LogP contribution in [0.25, 0.3) is 0 Å². The Balaban J connectivity index is 1.90. The number of hydrogen-bond acceptors (Lipinski definition) is 7. The number of rotatable bonds is 8. The molecule has 29 heavy (non-hydrogen) atoms. The van der Waals surface area contributed by atoms with Crippen LogP contribution in [0.5, 0.6) is 11.5 Å². The lowest BCUT2D eigenvalue weighted by atomic mass is 9.90. The molecule has 0 unspecified atom stereocenters. The largest absolute Gasteiger partial charge is 0.493 e. The number of benzene rings is 1. The lowest BCUT2D eigenvalue weighted by Gasteiger charge is -2.32. The minimum atomic E-state index is -1.35. The molecule has 2 atom stereocenters. The number of hydrogen-bond donors (Lipinski definition) is 1. The average molecular weight is 404 g/mol. The SMILES string of the molecule is CCCCCCN1C(=O)NC(=O)[C@H]([C@H]2OC(=O)c3c2ccc(OC)c3OC)C1=O. The first-order valence-corrected chi connectivity index (χ1v) is 9.56. The zero-order valence-electron chi connectivity index (χ0n) is 16.6. The Morgan fingerprint density at radius 2 is 1.83 bits per heavy atom. The number of carbonyl (C=O) groups is 4. The second-order valence-corrected chi connectivity index (χ2v) is 6.91. The molecule has 0 bridgehead atoms. The van der Waals surface area contributed by atoms with E-state index in [9.17, 15) is 19.2 Å². The van der Waals surface area contributed by atoms with Crippen LogP contribution < -0.4 is 14.8 Å². The van der Waals surface area contributed by atoms with Crippen molar-refractivity contribution < 1.29 is 33.4 Å². The van der Waals surface area contributed by atoms with Crippen LogP contribution >= 0.6 is 0 Å². The van der Waals surface area contributed by atoms with Crippen LogP contribution in [-0.4, -0.2) is 49.5 Å². The minimum absolute atomic E-state index is 0.115. The van der Waals surface area contributed by atoms with E-state index in [2.05, 4.69) is 12.2 Å². The normalized spacial score (nSPS) is 21.0. The van der Waals surface area contributed by atoms with Gasteiger partial charge in [0.25, 0.3) is 0 Å². The summed E-state index contributed by atoms with van der Waals surface area (Å²) >= 11 is 0. The quantitative estimate of drug-likeness (QED) is 0.402. The van der Waals surface area contributed by atoms with E-state index < -0.39 is 35.8 Å². The molecule has 156 valence electrons. The third-order valence-corrected chi connectivity index (χ3v) is 5.15. The summed E-state index contributed by atoms with van der Waals surface area (Å²) in [6.07, 6.45) is 2.36. The fourth-order valence-corrected chi connectivity index (χ4v) is 3.68. The molecule has 0 aliphatic carbocycles. The highest BCUT2D eigenvalue weighted by Gasteiger charge is 2.51. The highest BCUT2D eigenvalue weighted by Crippen LogP contribution is 2.45. The molecule has 4 amide bonds. The van der Waals surface area contributed by atoms with Crippen LogP contribution in [0, 0.1) is 5.92 Å². The van der Waals surface area contributed by atoms with Gasteiger partial charge in [-0.1, -0.05) is 32.3 Å². The molecule has 9 nitrogen and oxygen atoms in total. The van der Waals surface area contributed by atoms with Crippen LogP contribution in [0.15, 0.2) is 12.1 Å². The molecule has 0 spiro atoms. The number of nitrogens with zero attached hydrogens (tertiary/aromatic N) is 1. The molecule has 2 aliphatic rings. The monoisotopic (exact) mass is 404 g/mol. The van der Waals surface area contributed by atoms with E-state index in [1.807, 2.05) is 0 Å². The number of fused-ring (bicyclic) bond motifs is 1. The number of barbiturate groups is 1. The highest BCUT2D eigenvalue weighted by atomic mass is 16.6. The molecule has 1 fully saturated rings. The van der Waals surface area contributed by atoms with Gasteiger partial charge in [0.05, 0.1) is 14.2 Å². The number of amides is 4. The molecule has 1 saturated heterocycles. The van der Waals surface area contributed by atoms with Crippen molar-refractivity contribution >= 4 is 23.8 Å². The van der Waals surface area contributed by atoms with Crippen LogP contribution in [0.4, 0.5) is 4.79 Å². The number of nitrogens with one attached hydrogen (secondary N) is 1. The predicted octanol–water partition coefficient (Wildman–Crippen LogP) is 2.19. The number of esters is 1. The van der Waals surface area contributed by atoms with Crippen molar-refractivity contribution in [1.82, 2.24) is 10.2 Å². The number of imide groups is 2. The second-order valence-electron chi connectivity index (χ2n) is 6.91. The van der Waals surface area contributed by atoms with Crippen LogP contribution in [-0.2, 0) is 14.3 Å². The van der Waals surface area contributed by atoms with Gasteiger partial charge in [0.15, 0.2) is 17.4 Å². The zero-order chi connectivity index (χ0) is 21.1. The van der Waals surface area contributed by atoms with Crippen LogP contribution in [0.1, 0.15) is 54.6 Å². The minimum Gasteiger partial charge on any atom is -0.493 e. The van der Waals surface area contributed by atoms with Crippen molar-refractivity contribution in [2.75, 3.05) is 20.8 Å². The third-order valence-electron chi connectivity index (χ3n) is 5.15. The smallest absolute Gasteiger partial charge is 0.343 e. The Bertz CT molecular complexity index is 851. The number of carbonyl (C=O) groups excluding carboxylic acids is 4. The molecule has 0 aromatic heterocycles. The van der Waals surface area contributed by atoms with Crippen LogP contribution in [0.3, 0.4) is 0 Å². The molecule has 2 heterocycles. The van der Waals surface area contributed by atoms with Gasteiger partial charge in [-0.15, -0.1) is 0 Å². The Morgan fingerprint density at radius 3 is 2.48 bits per heavy atom. The topological polar surface area (TPSA) is 111 Å². The van der Waals surface area contributed by atoms with E-state index >= 15 is 0 Å². The molecule has 1 N–H and O–H groups in total. The highest BCUT2D eigenvalue weighted by molar-refractivity contribution is 6.17. The zero-order valence-corrected chi connectivity index (χ0v) is 16.6. The molecule has 3 rings (SSSR count). The van der Waals surface area contributed by atoms with Crippen molar-refractivity contribution in [3.63, 3.8) is 0 Å². The Hall–Kier alpha value is -3.10. The molecule has 1 aromatic rings. The van der Waals surface area contributed by atoms with E-state index in [1.54, 1.807) is 12.1 Å². The molecule has 0 saturated carbocycles. The van der Waals surface area contributed by atoms with Gasteiger partial charge < -0.3 is 14.2 Å². The molecule has 1 aromatic carbocycles. The molecular formula is C20H24N2O7. The summed E-state index contributed by atoms with van der Waals surface area (Å²) < 4.78 is 15.9. The number of ether oxygens (including phenoxy) is 3. The maximum atomic E-state index is 13.0.